The monoisotopic (exact) mass is 309 g/mol. The maximum Gasteiger partial charge on any atom is 0.243 e. The van der Waals surface area contributed by atoms with Crippen LogP contribution in [0.25, 0.3) is 0 Å². The Hall–Kier alpha value is -1.73. The molecule has 2 aromatic rings. The van der Waals surface area contributed by atoms with E-state index in [-0.39, 0.29) is 10.8 Å². The van der Waals surface area contributed by atoms with E-state index in [2.05, 4.69) is 10.2 Å². The van der Waals surface area contributed by atoms with Gasteiger partial charge in [0, 0.05) is 24.7 Å². The van der Waals surface area contributed by atoms with E-state index >= 15 is 0 Å². The normalized spacial score (nSPS) is 20.0. The van der Waals surface area contributed by atoms with Gasteiger partial charge in [-0.3, -0.25) is 5.10 Å². The van der Waals surface area contributed by atoms with Gasteiger partial charge in [-0.1, -0.05) is 6.07 Å². The van der Waals surface area contributed by atoms with Gasteiger partial charge in [-0.15, -0.1) is 0 Å². The Morgan fingerprint density at radius 2 is 2.24 bits per heavy atom. The number of hydrogen-bond donors (Lipinski definition) is 1. The average Bonchev–Trinajstić information content (AvgIpc) is 3.07. The maximum absolute atomic E-state index is 13.2. The number of H-pyrrole nitrogens is 1. The highest BCUT2D eigenvalue weighted by Crippen LogP contribution is 2.31. The van der Waals surface area contributed by atoms with Crippen LogP contribution < -0.4 is 0 Å². The van der Waals surface area contributed by atoms with Crippen molar-refractivity contribution in [3.8, 4) is 0 Å². The van der Waals surface area contributed by atoms with Crippen molar-refractivity contribution < 1.29 is 12.8 Å². The number of aromatic amines is 1. The molecule has 1 saturated heterocycles. The van der Waals surface area contributed by atoms with Crippen LogP contribution in [0.3, 0.4) is 0 Å². The van der Waals surface area contributed by atoms with E-state index < -0.39 is 15.8 Å². The van der Waals surface area contributed by atoms with Crippen molar-refractivity contribution in [3.05, 3.63) is 47.5 Å². The molecule has 1 aliphatic rings. The van der Waals surface area contributed by atoms with E-state index in [1.165, 1.54) is 22.5 Å². The number of benzene rings is 1. The number of aromatic nitrogens is 2. The van der Waals surface area contributed by atoms with Crippen LogP contribution in [0.4, 0.5) is 4.39 Å². The summed E-state index contributed by atoms with van der Waals surface area (Å²) in [7, 11) is -3.64. The predicted octanol–water partition coefficient (Wildman–Crippen LogP) is 2.04. The van der Waals surface area contributed by atoms with Crippen LogP contribution in [0.5, 0.6) is 0 Å². The second-order valence-electron chi connectivity index (χ2n) is 5.27. The Balaban J connectivity index is 1.84. The van der Waals surface area contributed by atoms with Gasteiger partial charge < -0.3 is 0 Å². The zero-order chi connectivity index (χ0) is 15.0. The highest BCUT2D eigenvalue weighted by Gasteiger charge is 2.34. The van der Waals surface area contributed by atoms with Gasteiger partial charge in [0.1, 0.15) is 5.82 Å². The van der Waals surface area contributed by atoms with Crippen molar-refractivity contribution in [2.75, 3.05) is 13.1 Å². The van der Waals surface area contributed by atoms with Gasteiger partial charge in [-0.25, -0.2) is 12.8 Å². The summed E-state index contributed by atoms with van der Waals surface area (Å²) in [5.74, 6) is -0.438. The minimum atomic E-state index is -3.64. The van der Waals surface area contributed by atoms with Gasteiger partial charge in [-0.05, 0) is 37.1 Å². The van der Waals surface area contributed by atoms with Crippen LogP contribution in [-0.2, 0) is 10.0 Å². The zero-order valence-electron chi connectivity index (χ0n) is 11.6. The number of aryl methyl sites for hydroxylation is 1. The van der Waals surface area contributed by atoms with Crippen molar-refractivity contribution in [1.29, 1.82) is 0 Å². The number of sulfonamides is 1. The number of halogens is 1. The van der Waals surface area contributed by atoms with E-state index in [9.17, 15) is 12.8 Å². The Morgan fingerprint density at radius 1 is 1.43 bits per heavy atom. The van der Waals surface area contributed by atoms with Crippen molar-refractivity contribution >= 4 is 10.0 Å². The summed E-state index contributed by atoms with van der Waals surface area (Å²) in [5.41, 5.74) is 2.01. The smallest absolute Gasteiger partial charge is 0.243 e. The topological polar surface area (TPSA) is 66.1 Å². The summed E-state index contributed by atoms with van der Waals surface area (Å²) in [6, 6.07) is 5.13. The van der Waals surface area contributed by atoms with E-state index in [1.807, 2.05) is 6.92 Å². The fourth-order valence-corrected chi connectivity index (χ4v) is 4.26. The zero-order valence-corrected chi connectivity index (χ0v) is 12.4. The molecule has 3 rings (SSSR count). The highest BCUT2D eigenvalue weighted by molar-refractivity contribution is 7.89. The van der Waals surface area contributed by atoms with E-state index in [0.29, 0.717) is 13.1 Å². The van der Waals surface area contributed by atoms with Crippen LogP contribution in [0.15, 0.2) is 35.4 Å². The van der Waals surface area contributed by atoms with Crippen molar-refractivity contribution in [1.82, 2.24) is 14.5 Å². The third kappa shape index (κ3) is 2.58. The molecule has 1 aromatic carbocycles. The molecule has 2 heterocycles. The lowest BCUT2D eigenvalue weighted by atomic mass is 10.0. The fraction of sp³-hybridized carbons (Fsp3) is 0.357. The highest BCUT2D eigenvalue weighted by atomic mass is 32.2. The molecule has 0 radical (unpaired) electrons. The van der Waals surface area contributed by atoms with E-state index in [1.54, 1.807) is 6.20 Å². The molecule has 0 saturated carbocycles. The van der Waals surface area contributed by atoms with Gasteiger partial charge in [-0.2, -0.15) is 9.40 Å². The molecule has 0 amide bonds. The van der Waals surface area contributed by atoms with Crippen LogP contribution in [0, 0.1) is 12.7 Å². The number of nitrogens with zero attached hydrogens (tertiary/aromatic N) is 2. The quantitative estimate of drug-likeness (QED) is 0.943. The lowest BCUT2D eigenvalue weighted by Gasteiger charge is -2.16. The standard InChI is InChI=1S/C14H16FN3O2S/c1-10-8-16-17-14(10)11-5-6-18(9-11)21(19,20)13-4-2-3-12(15)7-13/h2-4,7-8,11H,5-6,9H2,1H3,(H,16,17)/t11-/m1/s1. The molecule has 0 bridgehead atoms. The molecular formula is C14H16FN3O2S. The fourth-order valence-electron chi connectivity index (χ4n) is 2.73. The summed E-state index contributed by atoms with van der Waals surface area (Å²) >= 11 is 0. The predicted molar refractivity (Wildman–Crippen MR) is 75.8 cm³/mol. The molecule has 1 atom stereocenters. The molecule has 0 spiro atoms. The van der Waals surface area contributed by atoms with Crippen molar-refractivity contribution in [2.24, 2.45) is 0 Å². The van der Waals surface area contributed by atoms with Crippen LogP contribution in [-0.4, -0.2) is 36.0 Å². The van der Waals surface area contributed by atoms with Gasteiger partial charge in [0.25, 0.3) is 0 Å². The first-order valence-corrected chi connectivity index (χ1v) is 8.18. The third-order valence-corrected chi connectivity index (χ3v) is 5.72. The third-order valence-electron chi connectivity index (χ3n) is 3.86. The van der Waals surface area contributed by atoms with Gasteiger partial charge in [0.2, 0.25) is 10.0 Å². The van der Waals surface area contributed by atoms with E-state index in [4.69, 9.17) is 0 Å². The van der Waals surface area contributed by atoms with Crippen LogP contribution in [0.1, 0.15) is 23.6 Å². The van der Waals surface area contributed by atoms with Gasteiger partial charge >= 0.3 is 0 Å². The summed E-state index contributed by atoms with van der Waals surface area (Å²) in [6.07, 6.45) is 2.47. The molecule has 112 valence electrons. The molecule has 1 aliphatic heterocycles. The van der Waals surface area contributed by atoms with Crippen molar-refractivity contribution in [3.63, 3.8) is 0 Å². The summed E-state index contributed by atoms with van der Waals surface area (Å²) in [4.78, 5) is 0.00415. The Morgan fingerprint density at radius 3 is 2.90 bits per heavy atom. The molecule has 0 aliphatic carbocycles. The Kier molecular flexibility index (Phi) is 3.54. The molecule has 21 heavy (non-hydrogen) atoms. The second-order valence-corrected chi connectivity index (χ2v) is 7.21. The number of nitrogens with one attached hydrogen (secondary N) is 1. The molecular weight excluding hydrogens is 293 g/mol. The molecule has 1 N–H and O–H groups in total. The molecule has 1 aromatic heterocycles. The minimum Gasteiger partial charge on any atom is -0.282 e. The lowest BCUT2D eigenvalue weighted by Crippen LogP contribution is -2.28. The first-order valence-electron chi connectivity index (χ1n) is 6.74. The first kappa shape index (κ1) is 14.2. The lowest BCUT2D eigenvalue weighted by molar-refractivity contribution is 0.471. The molecule has 5 nitrogen and oxygen atoms in total. The number of hydrogen-bond acceptors (Lipinski definition) is 3. The van der Waals surface area contributed by atoms with Gasteiger partial charge in [0.05, 0.1) is 11.1 Å². The Labute approximate surface area is 122 Å². The van der Waals surface area contributed by atoms with Crippen LogP contribution >= 0.6 is 0 Å². The minimum absolute atomic E-state index is 0.00415. The maximum atomic E-state index is 13.2. The van der Waals surface area contributed by atoms with Crippen LogP contribution in [0.2, 0.25) is 0 Å². The molecule has 0 unspecified atom stereocenters. The largest absolute Gasteiger partial charge is 0.282 e. The molecule has 7 heteroatoms. The first-order chi connectivity index (χ1) is 9.98. The number of rotatable bonds is 3. The van der Waals surface area contributed by atoms with E-state index in [0.717, 1.165) is 23.7 Å². The van der Waals surface area contributed by atoms with Gasteiger partial charge in [0.15, 0.2) is 0 Å². The summed E-state index contributed by atoms with van der Waals surface area (Å²) < 4.78 is 39.7. The summed E-state index contributed by atoms with van der Waals surface area (Å²) in [6.45, 7) is 2.77. The summed E-state index contributed by atoms with van der Waals surface area (Å²) in [5, 5.41) is 6.92. The SMILES string of the molecule is Cc1cn[nH]c1[C@@H]1CCN(S(=O)(=O)c2cccc(F)c2)C1. The second kappa shape index (κ2) is 5.23. The average molecular weight is 309 g/mol. The molecule has 1 fully saturated rings. The van der Waals surface area contributed by atoms with Crippen molar-refractivity contribution in [2.45, 2.75) is 24.2 Å². The Bertz CT molecular complexity index is 757.